The van der Waals surface area contributed by atoms with E-state index in [2.05, 4.69) is 0 Å². The average molecular weight is 121 g/mol. The summed E-state index contributed by atoms with van der Waals surface area (Å²) in [6.45, 7) is 0. The van der Waals surface area contributed by atoms with Gasteiger partial charge in [0.15, 0.2) is 0 Å². The van der Waals surface area contributed by atoms with E-state index in [1.807, 2.05) is 0 Å². The van der Waals surface area contributed by atoms with Crippen LogP contribution in [0.15, 0.2) is 12.2 Å². The quantitative estimate of drug-likeness (QED) is 0.447. The highest BCUT2D eigenvalue weighted by molar-refractivity contribution is 5.04. The van der Waals surface area contributed by atoms with Gasteiger partial charge in [0, 0.05) is 12.2 Å². The maximum atomic E-state index is 11.0. The maximum absolute atomic E-state index is 11.0. The number of hydrogen-bond acceptors (Lipinski definition) is 1. The third kappa shape index (κ3) is 5.02. The zero-order chi connectivity index (χ0) is 6.62. The molecule has 0 rings (SSSR count). The first-order valence-corrected chi connectivity index (χ1v) is 1.70. The number of rotatable bonds is 0. The van der Waals surface area contributed by atoms with Gasteiger partial charge in [-0.05, 0) is 0 Å². The van der Waals surface area contributed by atoms with E-state index in [4.69, 9.17) is 5.26 Å². The van der Waals surface area contributed by atoms with E-state index < -0.39 is 6.18 Å². The maximum Gasteiger partial charge on any atom is 0.410 e. The summed E-state index contributed by atoms with van der Waals surface area (Å²) in [6, 6.07) is 1.22. The van der Waals surface area contributed by atoms with Crippen molar-refractivity contribution in [1.82, 2.24) is 0 Å². The average Bonchev–Trinajstić information content (AvgIpc) is 1.59. The van der Waals surface area contributed by atoms with Crippen LogP contribution in [0.2, 0.25) is 0 Å². The summed E-state index contributed by atoms with van der Waals surface area (Å²) < 4.78 is 33.0. The van der Waals surface area contributed by atoms with E-state index in [-0.39, 0.29) is 6.08 Å². The van der Waals surface area contributed by atoms with Gasteiger partial charge in [0.2, 0.25) is 0 Å². The molecule has 44 valence electrons. The molecule has 0 aliphatic carbocycles. The van der Waals surface area contributed by atoms with Crippen LogP contribution < -0.4 is 0 Å². The standard InChI is InChI=1S/C4H2F3N/c5-4(6,7)2-1-3-8/h1-2H/b2-1-. The molecule has 0 aromatic rings. The predicted octanol–water partition coefficient (Wildman–Crippen LogP) is 1.63. The summed E-state index contributed by atoms with van der Waals surface area (Å²) in [4.78, 5) is 0. The number of allylic oxidation sites excluding steroid dienone is 2. The zero-order valence-electron chi connectivity index (χ0n) is 3.74. The first kappa shape index (κ1) is 7.02. The first-order valence-electron chi connectivity index (χ1n) is 1.70. The fraction of sp³-hybridized carbons (Fsp3) is 0.250. The van der Waals surface area contributed by atoms with Crippen molar-refractivity contribution < 1.29 is 13.2 Å². The molecule has 0 aromatic carbocycles. The van der Waals surface area contributed by atoms with Gasteiger partial charge in [0.1, 0.15) is 0 Å². The lowest BCUT2D eigenvalue weighted by atomic mass is 10.5. The second-order valence-corrected chi connectivity index (χ2v) is 1.00. The third-order valence-corrected chi connectivity index (χ3v) is 0.347. The van der Waals surface area contributed by atoms with Crippen molar-refractivity contribution in [3.8, 4) is 6.07 Å². The molecule has 0 fully saturated rings. The Bertz CT molecular complexity index is 127. The smallest absolute Gasteiger partial charge is 0.193 e. The number of halogens is 3. The van der Waals surface area contributed by atoms with Crippen molar-refractivity contribution in [1.29, 1.82) is 5.26 Å². The topological polar surface area (TPSA) is 23.8 Å². The molecule has 0 radical (unpaired) electrons. The summed E-state index contributed by atoms with van der Waals surface area (Å²) >= 11 is 0. The van der Waals surface area contributed by atoms with E-state index in [9.17, 15) is 13.2 Å². The molecule has 0 spiro atoms. The number of nitriles is 1. The van der Waals surface area contributed by atoms with Crippen LogP contribution >= 0.6 is 0 Å². The lowest BCUT2D eigenvalue weighted by molar-refractivity contribution is -0.0797. The number of nitrogens with zero attached hydrogens (tertiary/aromatic N) is 1. The second kappa shape index (κ2) is 2.36. The van der Waals surface area contributed by atoms with Gasteiger partial charge in [0.25, 0.3) is 0 Å². The molecule has 0 saturated carbocycles. The Morgan fingerprint density at radius 3 is 2.00 bits per heavy atom. The van der Waals surface area contributed by atoms with Crippen LogP contribution in [0.25, 0.3) is 0 Å². The Hall–Kier alpha value is -0.980. The molecule has 0 unspecified atom stereocenters. The van der Waals surface area contributed by atoms with Gasteiger partial charge in [0.05, 0.1) is 6.07 Å². The molecule has 1 nitrogen and oxygen atoms in total. The summed E-state index contributed by atoms with van der Waals surface area (Å²) in [7, 11) is 0. The SMILES string of the molecule is N#C/C=C\C(F)(F)F. The van der Waals surface area contributed by atoms with Gasteiger partial charge in [-0.15, -0.1) is 0 Å². The van der Waals surface area contributed by atoms with Crippen LogP contribution in [0.5, 0.6) is 0 Å². The van der Waals surface area contributed by atoms with Gasteiger partial charge in [-0.25, -0.2) is 0 Å². The van der Waals surface area contributed by atoms with E-state index in [0.29, 0.717) is 6.08 Å². The van der Waals surface area contributed by atoms with Crippen molar-refractivity contribution in [2.75, 3.05) is 0 Å². The molecule has 0 aliphatic rings. The van der Waals surface area contributed by atoms with Crippen LogP contribution in [0, 0.1) is 11.3 Å². The Balaban J connectivity index is 3.75. The molecule has 0 bridgehead atoms. The monoisotopic (exact) mass is 121 g/mol. The summed E-state index contributed by atoms with van der Waals surface area (Å²) in [5.41, 5.74) is 0. The van der Waals surface area contributed by atoms with Crippen LogP contribution in [0.1, 0.15) is 0 Å². The van der Waals surface area contributed by atoms with E-state index in [1.54, 1.807) is 0 Å². The van der Waals surface area contributed by atoms with E-state index >= 15 is 0 Å². The molecule has 0 atom stereocenters. The highest BCUT2D eigenvalue weighted by Crippen LogP contribution is 2.15. The van der Waals surface area contributed by atoms with Gasteiger partial charge in [-0.1, -0.05) is 0 Å². The van der Waals surface area contributed by atoms with Crippen molar-refractivity contribution in [2.24, 2.45) is 0 Å². The minimum atomic E-state index is -4.35. The van der Waals surface area contributed by atoms with Crippen molar-refractivity contribution in [3.05, 3.63) is 12.2 Å². The summed E-state index contributed by atoms with van der Waals surface area (Å²) in [6.07, 6.45) is -4.08. The fourth-order valence-electron chi connectivity index (χ4n) is 0.132. The molecular formula is C4H2F3N. The Labute approximate surface area is 44.0 Å². The van der Waals surface area contributed by atoms with Crippen molar-refractivity contribution in [3.63, 3.8) is 0 Å². The molecule has 0 heterocycles. The van der Waals surface area contributed by atoms with E-state index in [1.165, 1.54) is 6.07 Å². The molecule has 0 aromatic heterocycles. The van der Waals surface area contributed by atoms with Gasteiger partial charge in [-0.3, -0.25) is 0 Å². The molecule has 8 heavy (non-hydrogen) atoms. The second-order valence-electron chi connectivity index (χ2n) is 1.00. The van der Waals surface area contributed by atoms with Crippen LogP contribution in [0.4, 0.5) is 13.2 Å². The lowest BCUT2D eigenvalue weighted by Gasteiger charge is -1.92. The van der Waals surface area contributed by atoms with Crippen LogP contribution in [0.3, 0.4) is 0 Å². The normalized spacial score (nSPS) is 11.8. The van der Waals surface area contributed by atoms with Crippen LogP contribution in [-0.4, -0.2) is 6.18 Å². The highest BCUT2D eigenvalue weighted by Gasteiger charge is 2.21. The number of hydrogen-bond donors (Lipinski definition) is 0. The molecular weight excluding hydrogens is 119 g/mol. The largest absolute Gasteiger partial charge is 0.410 e. The first-order chi connectivity index (χ1) is 3.56. The molecule has 0 N–H and O–H groups in total. The third-order valence-electron chi connectivity index (χ3n) is 0.347. The van der Waals surface area contributed by atoms with Gasteiger partial charge >= 0.3 is 6.18 Å². The minimum absolute atomic E-state index is 0.118. The molecule has 0 amide bonds. The van der Waals surface area contributed by atoms with Crippen LogP contribution in [-0.2, 0) is 0 Å². The fourth-order valence-corrected chi connectivity index (χ4v) is 0.132. The Kier molecular flexibility index (Phi) is 2.07. The van der Waals surface area contributed by atoms with Crippen molar-refractivity contribution in [2.45, 2.75) is 6.18 Å². The molecule has 4 heteroatoms. The van der Waals surface area contributed by atoms with Gasteiger partial charge in [-0.2, -0.15) is 18.4 Å². The summed E-state index contributed by atoms with van der Waals surface area (Å²) in [5, 5.41) is 7.59. The Morgan fingerprint density at radius 2 is 1.88 bits per heavy atom. The molecule has 0 aliphatic heterocycles. The number of alkyl halides is 3. The van der Waals surface area contributed by atoms with Gasteiger partial charge < -0.3 is 0 Å². The minimum Gasteiger partial charge on any atom is -0.193 e. The molecule has 0 saturated heterocycles. The van der Waals surface area contributed by atoms with Crippen molar-refractivity contribution >= 4 is 0 Å². The van der Waals surface area contributed by atoms with E-state index in [0.717, 1.165) is 0 Å². The summed E-state index contributed by atoms with van der Waals surface area (Å²) in [5.74, 6) is 0. The zero-order valence-corrected chi connectivity index (χ0v) is 3.74. The Morgan fingerprint density at radius 1 is 1.38 bits per heavy atom. The lowest BCUT2D eigenvalue weighted by Crippen LogP contribution is -1.99. The predicted molar refractivity (Wildman–Crippen MR) is 20.8 cm³/mol. The highest BCUT2D eigenvalue weighted by atomic mass is 19.4.